The molecule has 1 aromatic carbocycles. The van der Waals surface area contributed by atoms with Crippen molar-refractivity contribution in [2.75, 3.05) is 6.54 Å². The van der Waals surface area contributed by atoms with Crippen molar-refractivity contribution in [1.82, 2.24) is 20.5 Å². The quantitative estimate of drug-likeness (QED) is 0.610. The molecule has 0 atom stereocenters. The third kappa shape index (κ3) is 3.12. The summed E-state index contributed by atoms with van der Waals surface area (Å²) in [6, 6.07) is 8.11. The first-order valence-corrected chi connectivity index (χ1v) is 7.58. The summed E-state index contributed by atoms with van der Waals surface area (Å²) in [7, 11) is 0. The molecular formula is C16H19ClN4. The van der Waals surface area contributed by atoms with E-state index >= 15 is 0 Å². The van der Waals surface area contributed by atoms with Crippen LogP contribution in [-0.4, -0.2) is 21.7 Å². The van der Waals surface area contributed by atoms with Crippen molar-refractivity contribution in [1.29, 1.82) is 0 Å². The van der Waals surface area contributed by atoms with Gasteiger partial charge in [-0.3, -0.25) is 5.10 Å². The van der Waals surface area contributed by atoms with Crippen molar-refractivity contribution in [3.8, 4) is 0 Å². The van der Waals surface area contributed by atoms with Crippen LogP contribution in [0.4, 0.5) is 0 Å². The molecule has 0 bridgehead atoms. The number of rotatable bonds is 6. The lowest BCUT2D eigenvalue weighted by atomic mass is 10.1. The number of aromatic amines is 2. The Morgan fingerprint density at radius 1 is 1.29 bits per heavy atom. The maximum absolute atomic E-state index is 6.39. The van der Waals surface area contributed by atoms with Gasteiger partial charge >= 0.3 is 0 Å². The van der Waals surface area contributed by atoms with E-state index in [-0.39, 0.29) is 0 Å². The molecule has 0 fully saturated rings. The number of benzene rings is 1. The van der Waals surface area contributed by atoms with E-state index in [2.05, 4.69) is 27.4 Å². The van der Waals surface area contributed by atoms with Crippen LogP contribution in [0.2, 0.25) is 5.02 Å². The van der Waals surface area contributed by atoms with E-state index in [1.165, 1.54) is 5.56 Å². The number of aromatic nitrogens is 3. The molecule has 5 heteroatoms. The number of aryl methyl sites for hydroxylation is 2. The summed E-state index contributed by atoms with van der Waals surface area (Å²) >= 11 is 6.39. The molecule has 2 heterocycles. The first-order valence-electron chi connectivity index (χ1n) is 7.20. The number of nitrogens with zero attached hydrogens (tertiary/aromatic N) is 1. The van der Waals surface area contributed by atoms with E-state index in [9.17, 15) is 0 Å². The van der Waals surface area contributed by atoms with E-state index in [0.29, 0.717) is 0 Å². The summed E-state index contributed by atoms with van der Waals surface area (Å²) in [5.74, 6) is 0. The summed E-state index contributed by atoms with van der Waals surface area (Å²) in [6.45, 7) is 3.77. The molecular weight excluding hydrogens is 284 g/mol. The Morgan fingerprint density at radius 2 is 2.14 bits per heavy atom. The van der Waals surface area contributed by atoms with Crippen molar-refractivity contribution >= 4 is 22.5 Å². The maximum Gasteiger partial charge on any atom is 0.0705 e. The Labute approximate surface area is 128 Å². The number of hydrogen-bond donors (Lipinski definition) is 3. The Hall–Kier alpha value is -1.78. The second-order valence-electron chi connectivity index (χ2n) is 5.26. The second-order valence-corrected chi connectivity index (χ2v) is 5.64. The standard InChI is InChI=1S/C16H19ClN4/c1-11-12(9-19-21-11)5-4-8-18-10-15-16(17)13-6-2-3-7-14(13)20-15/h2-3,6-7,9,18,20H,4-5,8,10H2,1H3,(H,19,21). The number of halogens is 1. The van der Waals surface area contributed by atoms with Crippen molar-refractivity contribution in [2.45, 2.75) is 26.3 Å². The lowest BCUT2D eigenvalue weighted by Gasteiger charge is -2.04. The van der Waals surface area contributed by atoms with E-state index < -0.39 is 0 Å². The highest BCUT2D eigenvalue weighted by molar-refractivity contribution is 6.36. The predicted octanol–water partition coefficient (Wildman–Crippen LogP) is 3.58. The second kappa shape index (κ2) is 6.33. The molecule has 3 aromatic rings. The summed E-state index contributed by atoms with van der Waals surface area (Å²) in [6.07, 6.45) is 4.03. The summed E-state index contributed by atoms with van der Waals surface area (Å²) in [5.41, 5.74) is 4.60. The lowest BCUT2D eigenvalue weighted by molar-refractivity contribution is 0.642. The minimum atomic E-state index is 0.762. The SMILES string of the molecule is Cc1[nH]ncc1CCCNCc1[nH]c2ccccc2c1Cl. The fraction of sp³-hybridized carbons (Fsp3) is 0.312. The third-order valence-corrected chi connectivity index (χ3v) is 4.18. The minimum absolute atomic E-state index is 0.762. The molecule has 0 aliphatic heterocycles. The molecule has 21 heavy (non-hydrogen) atoms. The molecule has 0 radical (unpaired) electrons. The van der Waals surface area contributed by atoms with Crippen LogP contribution < -0.4 is 5.32 Å². The minimum Gasteiger partial charge on any atom is -0.356 e. The number of nitrogens with one attached hydrogen (secondary N) is 3. The Kier molecular flexibility index (Phi) is 4.27. The summed E-state index contributed by atoms with van der Waals surface area (Å²) < 4.78 is 0. The number of fused-ring (bicyclic) bond motifs is 1. The molecule has 2 aromatic heterocycles. The van der Waals surface area contributed by atoms with Crippen LogP contribution >= 0.6 is 11.6 Å². The number of para-hydroxylation sites is 1. The molecule has 110 valence electrons. The van der Waals surface area contributed by atoms with Crippen LogP contribution in [0.5, 0.6) is 0 Å². The van der Waals surface area contributed by atoms with E-state index in [1.807, 2.05) is 30.5 Å². The molecule has 0 saturated carbocycles. The van der Waals surface area contributed by atoms with Gasteiger partial charge < -0.3 is 10.3 Å². The normalized spacial score (nSPS) is 11.3. The monoisotopic (exact) mass is 302 g/mol. The van der Waals surface area contributed by atoms with Gasteiger partial charge in [-0.2, -0.15) is 5.10 Å². The first kappa shape index (κ1) is 14.2. The van der Waals surface area contributed by atoms with Crippen molar-refractivity contribution in [3.63, 3.8) is 0 Å². The third-order valence-electron chi connectivity index (χ3n) is 3.75. The molecule has 3 N–H and O–H groups in total. The van der Waals surface area contributed by atoms with Gasteiger partial charge in [-0.05, 0) is 37.9 Å². The zero-order chi connectivity index (χ0) is 14.7. The van der Waals surface area contributed by atoms with E-state index in [0.717, 1.165) is 53.2 Å². The highest BCUT2D eigenvalue weighted by atomic mass is 35.5. The Morgan fingerprint density at radius 3 is 2.90 bits per heavy atom. The van der Waals surface area contributed by atoms with Gasteiger partial charge in [0.25, 0.3) is 0 Å². The van der Waals surface area contributed by atoms with E-state index in [4.69, 9.17) is 11.6 Å². The summed E-state index contributed by atoms with van der Waals surface area (Å²) in [5, 5.41) is 12.4. The van der Waals surface area contributed by atoms with Crippen molar-refractivity contribution in [3.05, 3.63) is 52.4 Å². The fourth-order valence-corrected chi connectivity index (χ4v) is 2.81. The molecule has 0 unspecified atom stereocenters. The average molecular weight is 303 g/mol. The van der Waals surface area contributed by atoms with Gasteiger partial charge in [-0.25, -0.2) is 0 Å². The zero-order valence-electron chi connectivity index (χ0n) is 12.0. The smallest absolute Gasteiger partial charge is 0.0705 e. The Bertz CT molecular complexity index is 729. The van der Waals surface area contributed by atoms with E-state index in [1.54, 1.807) is 0 Å². The molecule has 0 aliphatic carbocycles. The topological polar surface area (TPSA) is 56.5 Å². The predicted molar refractivity (Wildman–Crippen MR) is 86.7 cm³/mol. The van der Waals surface area contributed by atoms with Crippen LogP contribution in [0.15, 0.2) is 30.5 Å². The fourth-order valence-electron chi connectivity index (χ4n) is 2.53. The largest absolute Gasteiger partial charge is 0.356 e. The highest BCUT2D eigenvalue weighted by Crippen LogP contribution is 2.26. The lowest BCUT2D eigenvalue weighted by Crippen LogP contribution is -2.15. The van der Waals surface area contributed by atoms with Gasteiger partial charge in [0, 0.05) is 28.8 Å². The highest BCUT2D eigenvalue weighted by Gasteiger charge is 2.08. The molecule has 0 aliphatic rings. The van der Waals surface area contributed by atoms with Crippen LogP contribution in [0, 0.1) is 6.92 Å². The molecule has 0 amide bonds. The van der Waals surface area contributed by atoms with Gasteiger partial charge in [-0.1, -0.05) is 29.8 Å². The molecule has 0 saturated heterocycles. The van der Waals surface area contributed by atoms with Crippen LogP contribution in [-0.2, 0) is 13.0 Å². The van der Waals surface area contributed by atoms with Crippen molar-refractivity contribution < 1.29 is 0 Å². The molecule has 4 nitrogen and oxygen atoms in total. The molecule has 0 spiro atoms. The van der Waals surface area contributed by atoms with Crippen LogP contribution in [0.1, 0.15) is 23.4 Å². The van der Waals surface area contributed by atoms with Gasteiger partial charge in [-0.15, -0.1) is 0 Å². The maximum atomic E-state index is 6.39. The van der Waals surface area contributed by atoms with Crippen molar-refractivity contribution in [2.24, 2.45) is 0 Å². The van der Waals surface area contributed by atoms with Crippen LogP contribution in [0.3, 0.4) is 0 Å². The number of H-pyrrole nitrogens is 2. The van der Waals surface area contributed by atoms with Gasteiger partial charge in [0.05, 0.1) is 11.2 Å². The van der Waals surface area contributed by atoms with Crippen LogP contribution in [0.25, 0.3) is 10.9 Å². The number of hydrogen-bond acceptors (Lipinski definition) is 2. The first-order chi connectivity index (χ1) is 10.3. The average Bonchev–Trinajstić information content (AvgIpc) is 3.04. The van der Waals surface area contributed by atoms with Gasteiger partial charge in [0.2, 0.25) is 0 Å². The summed E-state index contributed by atoms with van der Waals surface area (Å²) in [4.78, 5) is 3.37. The van der Waals surface area contributed by atoms with Gasteiger partial charge in [0.1, 0.15) is 0 Å². The van der Waals surface area contributed by atoms with Gasteiger partial charge in [0.15, 0.2) is 0 Å². The molecule has 3 rings (SSSR count). The Balaban J connectivity index is 1.50. The zero-order valence-corrected chi connectivity index (χ0v) is 12.8.